The van der Waals surface area contributed by atoms with E-state index in [1.54, 1.807) is 33.6 Å². The summed E-state index contributed by atoms with van der Waals surface area (Å²) in [6.45, 7) is 110. The number of halogens is 3. The van der Waals surface area contributed by atoms with Gasteiger partial charge >= 0.3 is 153 Å². The van der Waals surface area contributed by atoms with Gasteiger partial charge in [-0.25, -0.2) is 0 Å². The van der Waals surface area contributed by atoms with Crippen molar-refractivity contribution in [3.63, 3.8) is 0 Å². The van der Waals surface area contributed by atoms with Crippen molar-refractivity contribution in [2.45, 2.75) is 397 Å². The Morgan fingerprint density at radius 2 is 0.317 bits per heavy atom. The van der Waals surface area contributed by atoms with Crippen molar-refractivity contribution in [3.05, 3.63) is 328 Å². The second-order valence-electron chi connectivity index (χ2n) is 27.0. The molecule has 0 aliphatic heterocycles. The van der Waals surface area contributed by atoms with Gasteiger partial charge in [0.25, 0.3) is 0 Å². The largest absolute Gasteiger partial charge is 0.172 e. The number of hydrogen-bond acceptors (Lipinski definition) is 1. The van der Waals surface area contributed by atoms with Crippen LogP contribution in [0.4, 0.5) is 0 Å². The third-order valence-corrected chi connectivity index (χ3v) is 34.7. The molecule has 11 rings (SSSR count). The Bertz CT molecular complexity index is 4010. The molecule has 706 valence electrons. The summed E-state index contributed by atoms with van der Waals surface area (Å²) in [6.07, 6.45) is 0. The fourth-order valence-electron chi connectivity index (χ4n) is 13.3. The number of rotatable bonds is 13. The van der Waals surface area contributed by atoms with Crippen LogP contribution in [-0.4, -0.2) is 11.5 Å². The third kappa shape index (κ3) is 40.2. The van der Waals surface area contributed by atoms with Crippen LogP contribution >= 0.6 is 49.0 Å². The van der Waals surface area contributed by atoms with E-state index in [1.807, 2.05) is 178 Å². The minimum Gasteiger partial charge on any atom is -0.0901 e. The minimum atomic E-state index is -0.171. The van der Waals surface area contributed by atoms with Crippen molar-refractivity contribution >= 4 is 81.7 Å². The molecule has 0 fully saturated rings. The van der Waals surface area contributed by atoms with Crippen molar-refractivity contribution in [1.29, 1.82) is 0 Å². The first-order valence-corrected chi connectivity index (χ1v) is 61.1. The Kier molecular flexibility index (Phi) is 84.8. The minimum absolute atomic E-state index is 0.151. The van der Waals surface area contributed by atoms with Gasteiger partial charge in [0.1, 0.15) is 22.4 Å². The van der Waals surface area contributed by atoms with Gasteiger partial charge in [-0.15, -0.1) is 0 Å². The number of benzene rings is 11. The fourth-order valence-corrected chi connectivity index (χ4v) is 25.1. The summed E-state index contributed by atoms with van der Waals surface area (Å²) in [5, 5.41) is 0. The van der Waals surface area contributed by atoms with E-state index in [-0.39, 0.29) is 53.9 Å². The van der Waals surface area contributed by atoms with Crippen LogP contribution in [-0.2, 0) is 32.7 Å². The molecule has 0 saturated carbocycles. The van der Waals surface area contributed by atoms with Crippen LogP contribution in [0.3, 0.4) is 0 Å². The van der Waals surface area contributed by atoms with Gasteiger partial charge in [0.15, 0.2) is 34.3 Å². The maximum Gasteiger partial charge on any atom is 0.172 e. The van der Waals surface area contributed by atoms with Crippen LogP contribution in [0, 0.1) is 180 Å². The first-order valence-electron chi connectivity index (χ1n) is 47.8. The zero-order valence-corrected chi connectivity index (χ0v) is 100. The Hall–Kier alpha value is -4.99. The summed E-state index contributed by atoms with van der Waals surface area (Å²) in [7, 11) is 0.313. The molecule has 126 heavy (non-hydrogen) atoms. The van der Waals surface area contributed by atoms with Gasteiger partial charge in [-0.1, -0.05) is 287 Å². The van der Waals surface area contributed by atoms with Gasteiger partial charge < -0.3 is 0 Å². The van der Waals surface area contributed by atoms with Crippen LogP contribution in [0.25, 0.3) is 0 Å². The molecule has 7 heteroatoms. The van der Waals surface area contributed by atoms with Crippen LogP contribution < -0.4 is 21.2 Å². The van der Waals surface area contributed by atoms with Crippen molar-refractivity contribution < 1.29 is 21.2 Å². The summed E-state index contributed by atoms with van der Waals surface area (Å²) < 4.78 is 3.27. The topological polar surface area (TPSA) is 0 Å². The standard InChI is InChI=1S/C33H45S.C22H30I.2C14H15S.C12H10S.12C2H6.I2/c1-16-19(4)25(10)31(26(11)20(16)5)34(32-27(12)21(6)17(2)22(7)28(32)13)33-29(14)23(8)18(3)24(9)30(33)15;1-11-13(3)17(7)21(18(8)14(11)4)23-22-19(9)15(5)12(2)16(6)20(22)10;2*1-2-15(13-9-5-3-6-10-13)14-11-7-4-8-12-14;1-3-7-11(8-4-1)13-12-9-5-2-6-10-12;13*1-2/h1-15H3;1-10H3;2*3-12H,2H2,1H3;1-10H;12*1-2H3;/q+1;-1;2*+1;;;;;;;;;;;;;;. The normalized spacial score (nSPS) is 9.37. The van der Waals surface area contributed by atoms with E-state index in [4.69, 9.17) is 0 Å². The van der Waals surface area contributed by atoms with Gasteiger partial charge in [-0.2, -0.15) is 0 Å². The molecular weight excluding hydrogens is 1940 g/mol. The van der Waals surface area contributed by atoms with E-state index in [0.717, 1.165) is 0 Å². The summed E-state index contributed by atoms with van der Waals surface area (Å²) in [4.78, 5) is 13.0. The molecule has 11 aromatic rings. The molecule has 0 aliphatic carbocycles. The predicted octanol–water partition coefficient (Wildman–Crippen LogP) is 37.7. The molecule has 0 atom stereocenters. The van der Waals surface area contributed by atoms with Gasteiger partial charge in [-0.05, 0) is 241 Å². The van der Waals surface area contributed by atoms with Crippen LogP contribution in [0.2, 0.25) is 0 Å². The maximum absolute atomic E-state index is 2.36. The SMILES string of the molecule is CC.CC.CC.CC.CC.CC.CC.CC.CC.CC.CC.CC.CC[S+](c1ccccc1)c1ccccc1.CC[S+](c1ccccc1)c1ccccc1.Cc1c(C)c(C)c([I-]c2c(C)c(C)c(C)c(C)c2C)c(C)c1C.Cc1c(C)c(C)c([S+](c2c(C)c(C)c(C)c(C)c2C)c2c(C)c(C)c(C)c(C)c2C)c(C)c1C.II.c1ccc(Sc2ccccc2)cc1. The van der Waals surface area contributed by atoms with Gasteiger partial charge in [0.05, 0.1) is 21.8 Å². The smallest absolute Gasteiger partial charge is 0.0901 e. The quantitative estimate of drug-likeness (QED) is 0.0819. The number of hydrogen-bond donors (Lipinski definition) is 0. The molecule has 0 spiro atoms. The van der Waals surface area contributed by atoms with Crippen LogP contribution in [0.1, 0.15) is 319 Å². The predicted molar refractivity (Wildman–Crippen MR) is 606 cm³/mol. The molecule has 0 nitrogen and oxygen atoms in total. The van der Waals surface area contributed by atoms with Gasteiger partial charge in [0, 0.05) is 80.4 Å². The van der Waals surface area contributed by atoms with E-state index in [1.165, 1.54) is 180 Å². The average Bonchev–Trinajstić information content (AvgIpc) is 0.728. The molecule has 0 saturated heterocycles. The third-order valence-electron chi connectivity index (χ3n) is 21.8. The van der Waals surface area contributed by atoms with E-state index in [9.17, 15) is 0 Å². The molecule has 0 radical (unpaired) electrons. The Balaban J connectivity index is -0.000000272. The van der Waals surface area contributed by atoms with Crippen molar-refractivity contribution in [2.75, 3.05) is 11.5 Å². The zero-order valence-electron chi connectivity index (χ0n) is 90.5. The van der Waals surface area contributed by atoms with E-state index < -0.39 is 0 Å². The van der Waals surface area contributed by atoms with Crippen LogP contribution in [0.5, 0.6) is 0 Å². The average molecular weight is 2130 g/mol. The molecule has 0 heterocycles. The van der Waals surface area contributed by atoms with E-state index in [0.29, 0.717) is 0 Å². The molecule has 0 amide bonds. The van der Waals surface area contributed by atoms with Crippen molar-refractivity contribution in [1.82, 2.24) is 0 Å². The van der Waals surface area contributed by atoms with E-state index in [2.05, 4.69) is 394 Å². The molecule has 0 aromatic heterocycles. The first kappa shape index (κ1) is 134. The summed E-state index contributed by atoms with van der Waals surface area (Å²) >= 11 is 5.88. The second-order valence-corrected chi connectivity index (χ2v) is 37.3. The summed E-state index contributed by atoms with van der Waals surface area (Å²) in [6, 6.07) is 63.8. The molecule has 11 aromatic carbocycles. The maximum atomic E-state index is 2.36. The monoisotopic (exact) mass is 2130 g/mol. The fraction of sp³-hybridized carbons (Fsp3) is 0.445. The first-order chi connectivity index (χ1) is 60.5. The summed E-state index contributed by atoms with van der Waals surface area (Å²) in [5.74, 6) is 2.35. The molecular formula is C119H187I3S4+2. The van der Waals surface area contributed by atoms with Gasteiger partial charge in [0.2, 0.25) is 0 Å². The Morgan fingerprint density at radius 1 is 0.190 bits per heavy atom. The second kappa shape index (κ2) is 79.7. The van der Waals surface area contributed by atoms with Crippen molar-refractivity contribution in [2.24, 2.45) is 0 Å². The zero-order chi connectivity index (χ0) is 99.6. The molecule has 0 N–H and O–H groups in total. The van der Waals surface area contributed by atoms with Crippen molar-refractivity contribution in [3.8, 4) is 0 Å². The Labute approximate surface area is 831 Å². The molecule has 0 bridgehead atoms. The van der Waals surface area contributed by atoms with Gasteiger partial charge in [-0.3, -0.25) is 0 Å². The molecule has 0 unspecified atom stereocenters. The molecule has 0 aliphatic rings. The van der Waals surface area contributed by atoms with Crippen LogP contribution in [0.15, 0.2) is 226 Å². The van der Waals surface area contributed by atoms with E-state index >= 15 is 0 Å². The summed E-state index contributed by atoms with van der Waals surface area (Å²) in [5.41, 5.74) is 36.8. The Morgan fingerprint density at radius 3 is 0.460 bits per heavy atom.